The van der Waals surface area contributed by atoms with Crippen LogP contribution in [0.3, 0.4) is 0 Å². The number of halogens is 1. The molecule has 0 radical (unpaired) electrons. The molecule has 6 heteroatoms. The van der Waals surface area contributed by atoms with E-state index in [1.807, 2.05) is 30.3 Å². The molecule has 3 heterocycles. The summed E-state index contributed by atoms with van der Waals surface area (Å²) in [6.45, 7) is 0.327. The highest BCUT2D eigenvalue weighted by Crippen LogP contribution is 2.24. The van der Waals surface area contributed by atoms with Crippen LogP contribution in [0.15, 0.2) is 67.3 Å². The number of imidazole rings is 1. The number of rotatable bonds is 4. The highest BCUT2D eigenvalue weighted by molar-refractivity contribution is 5.64. The molecule has 0 aliphatic rings. The lowest BCUT2D eigenvalue weighted by molar-refractivity contribution is 0.587. The third kappa shape index (κ3) is 2.69. The topological polar surface area (TPSA) is 59.4 Å². The summed E-state index contributed by atoms with van der Waals surface area (Å²) >= 11 is 0. The summed E-state index contributed by atoms with van der Waals surface area (Å²) in [5, 5.41) is 4.61. The Balaban J connectivity index is 1.80. The van der Waals surface area contributed by atoms with Gasteiger partial charge in [0.05, 0.1) is 36.2 Å². The van der Waals surface area contributed by atoms with Crippen LogP contribution in [0.25, 0.3) is 22.8 Å². The highest BCUT2D eigenvalue weighted by atomic mass is 19.1. The number of nitrogens with one attached hydrogen (secondary N) is 1. The van der Waals surface area contributed by atoms with Crippen molar-refractivity contribution in [1.82, 2.24) is 24.7 Å². The van der Waals surface area contributed by atoms with E-state index in [2.05, 4.69) is 20.1 Å². The third-order valence-electron chi connectivity index (χ3n) is 3.76. The Morgan fingerprint density at radius 3 is 2.67 bits per heavy atom. The van der Waals surface area contributed by atoms with Gasteiger partial charge in [0.1, 0.15) is 11.5 Å². The highest BCUT2D eigenvalue weighted by Gasteiger charge is 2.14. The lowest BCUT2D eigenvalue weighted by Gasteiger charge is -2.07. The SMILES string of the molecule is Fc1ccccc1Cn1nc(-c2ccccn2)cc1-c1cnc[nH]1. The zero-order valence-corrected chi connectivity index (χ0v) is 12.7. The van der Waals surface area contributed by atoms with Gasteiger partial charge in [-0.1, -0.05) is 24.3 Å². The van der Waals surface area contributed by atoms with Crippen LogP contribution in [0.4, 0.5) is 4.39 Å². The maximum Gasteiger partial charge on any atom is 0.128 e. The van der Waals surface area contributed by atoms with Gasteiger partial charge in [-0.3, -0.25) is 9.67 Å². The number of hydrogen-bond acceptors (Lipinski definition) is 3. The summed E-state index contributed by atoms with van der Waals surface area (Å²) in [4.78, 5) is 11.5. The Hall–Kier alpha value is -3.28. The molecule has 0 fully saturated rings. The maximum absolute atomic E-state index is 14.0. The molecule has 118 valence electrons. The van der Waals surface area contributed by atoms with E-state index < -0.39 is 0 Å². The van der Waals surface area contributed by atoms with E-state index in [0.29, 0.717) is 12.1 Å². The average Bonchev–Trinajstić information content (AvgIpc) is 3.27. The average molecular weight is 319 g/mol. The Kier molecular flexibility index (Phi) is 3.63. The quantitative estimate of drug-likeness (QED) is 0.626. The van der Waals surface area contributed by atoms with Crippen molar-refractivity contribution in [3.8, 4) is 22.8 Å². The van der Waals surface area contributed by atoms with Gasteiger partial charge in [-0.05, 0) is 24.3 Å². The van der Waals surface area contributed by atoms with Crippen molar-refractivity contribution in [2.75, 3.05) is 0 Å². The van der Waals surface area contributed by atoms with E-state index in [9.17, 15) is 4.39 Å². The van der Waals surface area contributed by atoms with Gasteiger partial charge in [-0.25, -0.2) is 9.37 Å². The van der Waals surface area contributed by atoms with E-state index in [0.717, 1.165) is 22.8 Å². The van der Waals surface area contributed by atoms with Crippen molar-refractivity contribution in [1.29, 1.82) is 0 Å². The minimum absolute atomic E-state index is 0.247. The van der Waals surface area contributed by atoms with E-state index in [-0.39, 0.29) is 5.82 Å². The summed E-state index contributed by atoms with van der Waals surface area (Å²) in [5.74, 6) is -0.247. The molecule has 24 heavy (non-hydrogen) atoms. The van der Waals surface area contributed by atoms with Gasteiger partial charge in [-0.2, -0.15) is 5.10 Å². The Morgan fingerprint density at radius 2 is 1.92 bits per heavy atom. The summed E-state index contributed by atoms with van der Waals surface area (Å²) in [7, 11) is 0. The molecule has 0 atom stereocenters. The van der Waals surface area contributed by atoms with Gasteiger partial charge in [-0.15, -0.1) is 0 Å². The first-order valence-corrected chi connectivity index (χ1v) is 7.52. The van der Waals surface area contributed by atoms with Crippen molar-refractivity contribution in [2.24, 2.45) is 0 Å². The monoisotopic (exact) mass is 319 g/mol. The van der Waals surface area contributed by atoms with Crippen LogP contribution in [0.2, 0.25) is 0 Å². The van der Waals surface area contributed by atoms with E-state index in [1.54, 1.807) is 35.5 Å². The zero-order valence-electron chi connectivity index (χ0n) is 12.7. The van der Waals surface area contributed by atoms with Crippen molar-refractivity contribution < 1.29 is 4.39 Å². The van der Waals surface area contributed by atoms with E-state index >= 15 is 0 Å². The molecule has 0 unspecified atom stereocenters. The first-order chi connectivity index (χ1) is 11.8. The number of pyridine rings is 1. The number of hydrogen-bond donors (Lipinski definition) is 1. The van der Waals surface area contributed by atoms with Crippen molar-refractivity contribution in [2.45, 2.75) is 6.54 Å². The number of benzene rings is 1. The predicted octanol–water partition coefficient (Wildman–Crippen LogP) is 3.52. The normalized spacial score (nSPS) is 10.9. The maximum atomic E-state index is 14.0. The number of aromatic amines is 1. The number of nitrogens with zero attached hydrogens (tertiary/aromatic N) is 4. The molecule has 1 N–H and O–H groups in total. The Morgan fingerprint density at radius 1 is 1.04 bits per heavy atom. The molecule has 0 aliphatic carbocycles. The zero-order chi connectivity index (χ0) is 16.4. The molecule has 0 spiro atoms. The third-order valence-corrected chi connectivity index (χ3v) is 3.76. The van der Waals surface area contributed by atoms with Gasteiger partial charge in [0.25, 0.3) is 0 Å². The molecule has 0 saturated heterocycles. The van der Waals surface area contributed by atoms with Crippen molar-refractivity contribution >= 4 is 0 Å². The Bertz CT molecular complexity index is 945. The summed E-state index contributed by atoms with van der Waals surface area (Å²) in [6, 6.07) is 14.3. The molecule has 4 rings (SSSR count). The molecule has 4 aromatic rings. The summed E-state index contributed by atoms with van der Waals surface area (Å²) < 4.78 is 15.8. The van der Waals surface area contributed by atoms with Crippen molar-refractivity contribution in [3.05, 3.63) is 78.6 Å². The standard InChI is InChI=1S/C18H14FN5/c19-14-6-2-1-5-13(14)11-24-18(17-10-20-12-22-17)9-16(23-24)15-7-3-4-8-21-15/h1-10,12H,11H2,(H,20,22). The van der Waals surface area contributed by atoms with Crippen LogP contribution in [-0.2, 0) is 6.54 Å². The lowest BCUT2D eigenvalue weighted by Crippen LogP contribution is -2.05. The summed E-state index contributed by atoms with van der Waals surface area (Å²) in [5.41, 5.74) is 3.73. The van der Waals surface area contributed by atoms with Gasteiger partial charge in [0, 0.05) is 11.8 Å². The largest absolute Gasteiger partial charge is 0.343 e. The lowest BCUT2D eigenvalue weighted by atomic mass is 10.2. The van der Waals surface area contributed by atoms with Crippen LogP contribution in [0.5, 0.6) is 0 Å². The van der Waals surface area contributed by atoms with Crippen molar-refractivity contribution in [3.63, 3.8) is 0 Å². The van der Waals surface area contributed by atoms with Gasteiger partial charge in [0.2, 0.25) is 0 Å². The first-order valence-electron chi connectivity index (χ1n) is 7.52. The summed E-state index contributed by atoms with van der Waals surface area (Å²) in [6.07, 6.45) is 5.05. The molecule has 5 nitrogen and oxygen atoms in total. The molecule has 0 saturated carbocycles. The van der Waals surface area contributed by atoms with Crippen LogP contribution in [0.1, 0.15) is 5.56 Å². The second kappa shape index (κ2) is 6.08. The van der Waals surface area contributed by atoms with E-state index in [4.69, 9.17) is 0 Å². The molecule has 3 aromatic heterocycles. The van der Waals surface area contributed by atoms with E-state index in [1.165, 1.54) is 6.07 Å². The fourth-order valence-corrected chi connectivity index (χ4v) is 2.58. The van der Waals surface area contributed by atoms with Gasteiger partial charge < -0.3 is 4.98 Å². The first kappa shape index (κ1) is 14.3. The van der Waals surface area contributed by atoms with Gasteiger partial charge in [0.15, 0.2) is 0 Å². The number of aromatic nitrogens is 5. The second-order valence-electron chi connectivity index (χ2n) is 5.34. The predicted molar refractivity (Wildman–Crippen MR) is 88.5 cm³/mol. The second-order valence-corrected chi connectivity index (χ2v) is 5.34. The molecular weight excluding hydrogens is 305 g/mol. The van der Waals surface area contributed by atoms with Crippen LogP contribution in [0, 0.1) is 5.82 Å². The van der Waals surface area contributed by atoms with Crippen LogP contribution >= 0.6 is 0 Å². The van der Waals surface area contributed by atoms with Crippen LogP contribution in [-0.4, -0.2) is 24.7 Å². The minimum atomic E-state index is -0.247. The Labute approximate surface area is 137 Å². The number of H-pyrrole nitrogens is 1. The molecular formula is C18H14FN5. The van der Waals surface area contributed by atoms with Crippen LogP contribution < -0.4 is 0 Å². The minimum Gasteiger partial charge on any atom is -0.343 e. The smallest absolute Gasteiger partial charge is 0.128 e. The molecule has 0 amide bonds. The molecule has 1 aromatic carbocycles. The fraction of sp³-hybridized carbons (Fsp3) is 0.0556. The molecule has 0 bridgehead atoms. The fourth-order valence-electron chi connectivity index (χ4n) is 2.58. The van der Waals surface area contributed by atoms with Gasteiger partial charge >= 0.3 is 0 Å². The molecule has 0 aliphatic heterocycles.